The molecule has 1 aromatic carbocycles. The second kappa shape index (κ2) is 5.55. The first kappa shape index (κ1) is 14.4. The van der Waals surface area contributed by atoms with Crippen molar-refractivity contribution in [2.24, 2.45) is 0 Å². The van der Waals surface area contributed by atoms with Crippen LogP contribution in [0, 0.1) is 0 Å². The number of sulfonamides is 1. The standard InChI is InChI=1S/C11H8BrN3O4S/c12-8-6-7(10(16)17)2-3-9(8)20(18,19)15-11-13-4-1-5-14-11/h1-6H,(H,16,17)(H,13,14,15). The summed E-state index contributed by atoms with van der Waals surface area (Å²) >= 11 is 3.04. The number of halogens is 1. The van der Waals surface area contributed by atoms with Gasteiger partial charge in [0.25, 0.3) is 10.0 Å². The third kappa shape index (κ3) is 3.11. The molecule has 0 radical (unpaired) electrons. The van der Waals surface area contributed by atoms with Crippen molar-refractivity contribution >= 4 is 37.9 Å². The zero-order chi connectivity index (χ0) is 14.8. The summed E-state index contributed by atoms with van der Waals surface area (Å²) in [6.07, 6.45) is 2.79. The first-order chi connectivity index (χ1) is 9.40. The van der Waals surface area contributed by atoms with Crippen LogP contribution in [0.5, 0.6) is 0 Å². The quantitative estimate of drug-likeness (QED) is 0.862. The molecule has 0 amide bonds. The molecule has 1 aromatic heterocycles. The van der Waals surface area contributed by atoms with Crippen LogP contribution in [-0.4, -0.2) is 29.5 Å². The Labute approximate surface area is 122 Å². The summed E-state index contributed by atoms with van der Waals surface area (Å²) in [7, 11) is -3.90. The van der Waals surface area contributed by atoms with E-state index < -0.39 is 16.0 Å². The lowest BCUT2D eigenvalue weighted by Gasteiger charge is -2.08. The molecular formula is C11H8BrN3O4S. The van der Waals surface area contributed by atoms with Crippen molar-refractivity contribution in [3.63, 3.8) is 0 Å². The zero-order valence-electron chi connectivity index (χ0n) is 9.82. The van der Waals surface area contributed by atoms with E-state index in [4.69, 9.17) is 5.11 Å². The van der Waals surface area contributed by atoms with Gasteiger partial charge in [-0.15, -0.1) is 0 Å². The van der Waals surface area contributed by atoms with Crippen molar-refractivity contribution in [2.75, 3.05) is 4.72 Å². The predicted octanol–water partition coefficient (Wildman–Crippen LogP) is 1.74. The van der Waals surface area contributed by atoms with Crippen LogP contribution in [0.15, 0.2) is 46.0 Å². The smallest absolute Gasteiger partial charge is 0.335 e. The van der Waals surface area contributed by atoms with Crippen LogP contribution < -0.4 is 4.72 Å². The van der Waals surface area contributed by atoms with Gasteiger partial charge in [0.05, 0.1) is 5.56 Å². The van der Waals surface area contributed by atoms with Gasteiger partial charge in [-0.05, 0) is 40.2 Å². The average Bonchev–Trinajstić information content (AvgIpc) is 2.38. The summed E-state index contributed by atoms with van der Waals surface area (Å²) in [5.74, 6) is -1.21. The number of nitrogens with zero attached hydrogens (tertiary/aromatic N) is 2. The number of carbonyl (C=O) groups is 1. The molecule has 0 spiro atoms. The molecule has 1 heterocycles. The minimum absolute atomic E-state index is 0.0215. The summed E-state index contributed by atoms with van der Waals surface area (Å²) in [5, 5.41) is 8.83. The number of aromatic carboxylic acids is 1. The first-order valence-corrected chi connectivity index (χ1v) is 7.50. The lowest BCUT2D eigenvalue weighted by molar-refractivity contribution is 0.0696. The summed E-state index contributed by atoms with van der Waals surface area (Å²) in [4.78, 5) is 18.2. The maximum absolute atomic E-state index is 12.1. The maximum atomic E-state index is 12.1. The lowest BCUT2D eigenvalue weighted by Crippen LogP contribution is -2.15. The van der Waals surface area contributed by atoms with Crippen LogP contribution in [0.2, 0.25) is 0 Å². The molecule has 20 heavy (non-hydrogen) atoms. The number of benzene rings is 1. The van der Waals surface area contributed by atoms with E-state index in [0.29, 0.717) is 0 Å². The van der Waals surface area contributed by atoms with E-state index in [0.717, 1.165) is 0 Å². The van der Waals surface area contributed by atoms with Gasteiger partial charge in [0.2, 0.25) is 5.95 Å². The van der Waals surface area contributed by atoms with Gasteiger partial charge in [0.15, 0.2) is 0 Å². The Balaban J connectivity index is 2.37. The number of carboxylic acid groups (broad SMARTS) is 1. The Bertz CT molecular complexity index is 750. The topological polar surface area (TPSA) is 109 Å². The third-order valence-electron chi connectivity index (χ3n) is 2.26. The van der Waals surface area contributed by atoms with E-state index in [1.807, 2.05) is 0 Å². The maximum Gasteiger partial charge on any atom is 0.335 e. The molecule has 9 heteroatoms. The fourth-order valence-electron chi connectivity index (χ4n) is 1.38. The fourth-order valence-corrected chi connectivity index (χ4v) is 3.42. The molecule has 0 fully saturated rings. The molecule has 0 unspecified atom stereocenters. The predicted molar refractivity (Wildman–Crippen MR) is 73.9 cm³/mol. The molecule has 0 saturated carbocycles. The van der Waals surface area contributed by atoms with Crippen LogP contribution in [0.3, 0.4) is 0 Å². The molecule has 0 saturated heterocycles. The highest BCUT2D eigenvalue weighted by molar-refractivity contribution is 9.10. The van der Waals surface area contributed by atoms with Gasteiger partial charge in [0.1, 0.15) is 4.90 Å². The molecule has 2 N–H and O–H groups in total. The minimum Gasteiger partial charge on any atom is -0.478 e. The van der Waals surface area contributed by atoms with E-state index in [1.54, 1.807) is 6.07 Å². The third-order valence-corrected chi connectivity index (χ3v) is 4.56. The van der Waals surface area contributed by atoms with Gasteiger partial charge >= 0.3 is 5.97 Å². The normalized spacial score (nSPS) is 11.1. The van der Waals surface area contributed by atoms with Crippen molar-refractivity contribution < 1.29 is 18.3 Å². The van der Waals surface area contributed by atoms with Crippen molar-refractivity contribution in [1.29, 1.82) is 0 Å². The molecule has 7 nitrogen and oxygen atoms in total. The van der Waals surface area contributed by atoms with E-state index >= 15 is 0 Å². The molecule has 0 aliphatic carbocycles. The van der Waals surface area contributed by atoms with E-state index in [-0.39, 0.29) is 20.9 Å². The second-order valence-corrected chi connectivity index (χ2v) is 6.13. The van der Waals surface area contributed by atoms with Gasteiger partial charge in [-0.2, -0.15) is 0 Å². The molecular weight excluding hydrogens is 350 g/mol. The highest BCUT2D eigenvalue weighted by Crippen LogP contribution is 2.24. The Morgan fingerprint density at radius 3 is 2.45 bits per heavy atom. The first-order valence-electron chi connectivity index (χ1n) is 5.23. The van der Waals surface area contributed by atoms with Crippen molar-refractivity contribution in [3.8, 4) is 0 Å². The molecule has 104 valence electrons. The molecule has 0 bridgehead atoms. The second-order valence-electron chi connectivity index (χ2n) is 3.63. The van der Waals surface area contributed by atoms with Crippen molar-refractivity contribution in [2.45, 2.75) is 4.90 Å². The SMILES string of the molecule is O=C(O)c1ccc(S(=O)(=O)Nc2ncccn2)c(Br)c1. The number of hydrogen-bond acceptors (Lipinski definition) is 5. The number of nitrogens with one attached hydrogen (secondary N) is 1. The average molecular weight is 358 g/mol. The number of rotatable bonds is 4. The van der Waals surface area contributed by atoms with Crippen LogP contribution in [-0.2, 0) is 10.0 Å². The Morgan fingerprint density at radius 1 is 1.25 bits per heavy atom. The number of anilines is 1. The van der Waals surface area contributed by atoms with Gasteiger partial charge < -0.3 is 5.11 Å². The van der Waals surface area contributed by atoms with Gasteiger partial charge in [-0.25, -0.2) is 27.9 Å². The largest absolute Gasteiger partial charge is 0.478 e. The monoisotopic (exact) mass is 357 g/mol. The number of aromatic nitrogens is 2. The summed E-state index contributed by atoms with van der Waals surface area (Å²) in [6, 6.07) is 5.16. The summed E-state index contributed by atoms with van der Waals surface area (Å²) in [5.41, 5.74) is -0.0215. The number of hydrogen-bond donors (Lipinski definition) is 2. The highest BCUT2D eigenvalue weighted by atomic mass is 79.9. The molecule has 0 aliphatic rings. The van der Waals surface area contributed by atoms with Crippen LogP contribution in [0.25, 0.3) is 0 Å². The highest BCUT2D eigenvalue weighted by Gasteiger charge is 2.20. The van der Waals surface area contributed by atoms with Gasteiger partial charge in [0, 0.05) is 16.9 Å². The van der Waals surface area contributed by atoms with Crippen molar-refractivity contribution in [1.82, 2.24) is 9.97 Å². The van der Waals surface area contributed by atoms with Crippen LogP contribution in [0.4, 0.5) is 5.95 Å². The van der Waals surface area contributed by atoms with Gasteiger partial charge in [-0.3, -0.25) is 0 Å². The fraction of sp³-hybridized carbons (Fsp3) is 0. The van der Waals surface area contributed by atoms with E-state index in [2.05, 4.69) is 30.6 Å². The van der Waals surface area contributed by atoms with E-state index in [1.165, 1.54) is 30.6 Å². The molecule has 0 aliphatic heterocycles. The van der Waals surface area contributed by atoms with E-state index in [9.17, 15) is 13.2 Å². The molecule has 0 atom stereocenters. The van der Waals surface area contributed by atoms with Crippen LogP contribution in [0.1, 0.15) is 10.4 Å². The Morgan fingerprint density at radius 2 is 1.90 bits per heavy atom. The molecule has 2 aromatic rings. The van der Waals surface area contributed by atoms with Gasteiger partial charge in [-0.1, -0.05) is 0 Å². The number of carboxylic acids is 1. The Hall–Kier alpha value is -2.00. The Kier molecular flexibility index (Phi) is 4.00. The van der Waals surface area contributed by atoms with Crippen molar-refractivity contribution in [3.05, 3.63) is 46.7 Å². The summed E-state index contributed by atoms with van der Waals surface area (Å²) < 4.78 is 26.6. The zero-order valence-corrected chi connectivity index (χ0v) is 12.2. The summed E-state index contributed by atoms with van der Waals surface area (Å²) in [6.45, 7) is 0. The minimum atomic E-state index is -3.90. The van der Waals surface area contributed by atoms with Crippen LogP contribution >= 0.6 is 15.9 Å². The molecule has 2 rings (SSSR count). The lowest BCUT2D eigenvalue weighted by atomic mass is 10.2.